The van der Waals surface area contributed by atoms with Gasteiger partial charge in [0, 0.05) is 18.5 Å². The molecule has 0 bridgehead atoms. The van der Waals surface area contributed by atoms with Crippen molar-refractivity contribution in [3.63, 3.8) is 0 Å². The van der Waals surface area contributed by atoms with Crippen molar-refractivity contribution in [1.29, 1.82) is 0 Å². The van der Waals surface area contributed by atoms with Gasteiger partial charge in [-0.25, -0.2) is 4.98 Å². The number of thiazole rings is 1. The number of hydrogen-bond donors (Lipinski definition) is 1. The Morgan fingerprint density at radius 1 is 1.38 bits per heavy atom. The highest BCUT2D eigenvalue weighted by atomic mass is 32.1. The molecule has 1 aliphatic heterocycles. The number of anilines is 1. The molecule has 1 amide bonds. The van der Waals surface area contributed by atoms with Crippen molar-refractivity contribution in [2.75, 3.05) is 31.6 Å². The molecule has 0 saturated carbocycles. The summed E-state index contributed by atoms with van der Waals surface area (Å²) in [4.78, 5) is 29.5. The second-order valence-corrected chi connectivity index (χ2v) is 5.78. The smallest absolute Gasteiger partial charge is 0.311 e. The number of amides is 1. The number of carbonyl (C=O) groups excluding carboxylic acids is 2. The molecule has 2 rings (SSSR count). The Bertz CT molecular complexity index is 484. The molecule has 0 radical (unpaired) electrons. The summed E-state index contributed by atoms with van der Waals surface area (Å²) < 4.78 is 4.88. The number of nitrogens with zero attached hydrogens (tertiary/aromatic N) is 2. The van der Waals surface area contributed by atoms with Gasteiger partial charge < -0.3 is 15.0 Å². The van der Waals surface area contributed by atoms with Gasteiger partial charge in [-0.3, -0.25) is 9.59 Å². The number of ether oxygens (including phenoxy) is 1. The molecule has 6 nitrogen and oxygen atoms in total. The van der Waals surface area contributed by atoms with Crippen LogP contribution in [0.4, 0.5) is 5.13 Å². The van der Waals surface area contributed by atoms with E-state index in [4.69, 9.17) is 4.74 Å². The molecule has 1 aromatic heterocycles. The van der Waals surface area contributed by atoms with Crippen LogP contribution in [0.15, 0.2) is 5.38 Å². The van der Waals surface area contributed by atoms with Crippen molar-refractivity contribution < 1.29 is 14.3 Å². The predicted molar refractivity (Wildman–Crippen MR) is 81.4 cm³/mol. The lowest BCUT2D eigenvalue weighted by Crippen LogP contribution is -2.39. The minimum atomic E-state index is -0.279. The van der Waals surface area contributed by atoms with E-state index in [2.05, 4.69) is 10.3 Å². The second-order valence-electron chi connectivity index (χ2n) is 4.92. The highest BCUT2D eigenvalue weighted by Crippen LogP contribution is 2.16. The Balaban J connectivity index is 1.77. The molecule has 21 heavy (non-hydrogen) atoms. The molecule has 1 aliphatic rings. The summed E-state index contributed by atoms with van der Waals surface area (Å²) >= 11 is 1.40. The zero-order chi connectivity index (χ0) is 15.1. The number of carbonyl (C=O) groups is 2. The molecule has 0 aromatic carbocycles. The summed E-state index contributed by atoms with van der Waals surface area (Å²) in [6.45, 7) is 4.11. The minimum Gasteiger partial charge on any atom is -0.466 e. The van der Waals surface area contributed by atoms with Crippen LogP contribution in [0.5, 0.6) is 0 Å². The number of likely N-dealkylation sites (tertiary alicyclic amines) is 1. The highest BCUT2D eigenvalue weighted by molar-refractivity contribution is 7.13. The van der Waals surface area contributed by atoms with Crippen molar-refractivity contribution in [2.45, 2.75) is 32.6 Å². The molecule has 1 aromatic rings. The molecular weight excluding hydrogens is 290 g/mol. The van der Waals surface area contributed by atoms with Crippen LogP contribution in [0.3, 0.4) is 0 Å². The maximum absolute atomic E-state index is 12.0. The maximum Gasteiger partial charge on any atom is 0.311 e. The van der Waals surface area contributed by atoms with Crippen LogP contribution in [0.2, 0.25) is 0 Å². The van der Waals surface area contributed by atoms with E-state index in [1.807, 2.05) is 10.3 Å². The summed E-state index contributed by atoms with van der Waals surface area (Å²) in [5.74, 6) is -0.171. The van der Waals surface area contributed by atoms with Gasteiger partial charge in [0.2, 0.25) is 5.91 Å². The first kappa shape index (κ1) is 15.8. The highest BCUT2D eigenvalue weighted by Gasteiger charge is 2.16. The summed E-state index contributed by atoms with van der Waals surface area (Å²) in [5, 5.41) is 5.51. The molecule has 1 fully saturated rings. The topological polar surface area (TPSA) is 71.5 Å². The summed E-state index contributed by atoms with van der Waals surface area (Å²) in [5.41, 5.74) is 0.673. The van der Waals surface area contributed by atoms with Gasteiger partial charge in [0.15, 0.2) is 5.13 Å². The van der Waals surface area contributed by atoms with Gasteiger partial charge in [-0.15, -0.1) is 11.3 Å². The van der Waals surface area contributed by atoms with Crippen LogP contribution in [-0.4, -0.2) is 48.0 Å². The van der Waals surface area contributed by atoms with Crippen LogP contribution in [0.25, 0.3) is 0 Å². The van der Waals surface area contributed by atoms with Crippen LogP contribution < -0.4 is 5.32 Å². The number of hydrogen-bond acceptors (Lipinski definition) is 6. The molecule has 2 heterocycles. The molecule has 0 aliphatic carbocycles. The van der Waals surface area contributed by atoms with Crippen molar-refractivity contribution in [3.05, 3.63) is 11.1 Å². The van der Waals surface area contributed by atoms with E-state index < -0.39 is 0 Å². The molecule has 0 unspecified atom stereocenters. The standard InChI is InChI=1S/C14H21N3O3S/c1-2-20-13(19)8-11-10-21-14(16-11)15-9-12(18)17-6-4-3-5-7-17/h10H,2-9H2,1H3,(H,15,16). The van der Waals surface area contributed by atoms with Gasteiger partial charge in [-0.2, -0.15) is 0 Å². The first-order chi connectivity index (χ1) is 10.2. The first-order valence-electron chi connectivity index (χ1n) is 7.30. The summed E-state index contributed by atoms with van der Waals surface area (Å²) in [7, 11) is 0. The Labute approximate surface area is 128 Å². The van der Waals surface area contributed by atoms with Gasteiger partial charge >= 0.3 is 5.97 Å². The molecule has 7 heteroatoms. The van der Waals surface area contributed by atoms with E-state index in [9.17, 15) is 9.59 Å². The second kappa shape index (κ2) is 7.97. The van der Waals surface area contributed by atoms with Crippen molar-refractivity contribution >= 4 is 28.3 Å². The third-order valence-corrected chi connectivity index (χ3v) is 4.13. The molecule has 1 N–H and O–H groups in total. The summed E-state index contributed by atoms with van der Waals surface area (Å²) in [6.07, 6.45) is 3.56. The van der Waals surface area contributed by atoms with Crippen LogP contribution in [0.1, 0.15) is 31.9 Å². The van der Waals surface area contributed by atoms with E-state index in [0.29, 0.717) is 17.4 Å². The molecule has 0 spiro atoms. The van der Waals surface area contributed by atoms with Crippen molar-refractivity contribution in [1.82, 2.24) is 9.88 Å². The fourth-order valence-corrected chi connectivity index (χ4v) is 2.94. The number of aromatic nitrogens is 1. The SMILES string of the molecule is CCOC(=O)Cc1csc(NCC(=O)N2CCCCC2)n1. The summed E-state index contributed by atoms with van der Waals surface area (Å²) in [6, 6.07) is 0. The van der Waals surface area contributed by atoms with Gasteiger partial charge in [0.1, 0.15) is 0 Å². The molecular formula is C14H21N3O3S. The number of esters is 1. The predicted octanol–water partition coefficient (Wildman–Crippen LogP) is 1.67. The fraction of sp³-hybridized carbons (Fsp3) is 0.643. The largest absolute Gasteiger partial charge is 0.466 e. The Hall–Kier alpha value is -1.63. The van der Waals surface area contributed by atoms with Gasteiger partial charge in [-0.1, -0.05) is 0 Å². The van der Waals surface area contributed by atoms with E-state index >= 15 is 0 Å². The molecule has 116 valence electrons. The van der Waals surface area contributed by atoms with Crippen LogP contribution in [-0.2, 0) is 20.7 Å². The Morgan fingerprint density at radius 2 is 2.14 bits per heavy atom. The van der Waals surface area contributed by atoms with Crippen molar-refractivity contribution in [3.8, 4) is 0 Å². The Kier molecular flexibility index (Phi) is 5.98. The minimum absolute atomic E-state index is 0.108. The normalized spacial score (nSPS) is 14.8. The Morgan fingerprint density at radius 3 is 2.86 bits per heavy atom. The fourth-order valence-electron chi connectivity index (χ4n) is 2.24. The quantitative estimate of drug-likeness (QED) is 0.809. The lowest BCUT2D eigenvalue weighted by molar-refractivity contribution is -0.142. The average Bonchev–Trinajstić information content (AvgIpc) is 2.93. The zero-order valence-electron chi connectivity index (χ0n) is 12.3. The van der Waals surface area contributed by atoms with Gasteiger partial charge in [-0.05, 0) is 26.2 Å². The third kappa shape index (κ3) is 5.00. The third-order valence-electron chi connectivity index (χ3n) is 3.28. The average molecular weight is 311 g/mol. The van der Waals surface area contributed by atoms with Gasteiger partial charge in [0.25, 0.3) is 0 Å². The van der Waals surface area contributed by atoms with Crippen LogP contribution >= 0.6 is 11.3 Å². The first-order valence-corrected chi connectivity index (χ1v) is 8.18. The maximum atomic E-state index is 12.0. The number of nitrogens with one attached hydrogen (secondary N) is 1. The van der Waals surface area contributed by atoms with E-state index in [0.717, 1.165) is 25.9 Å². The van der Waals surface area contributed by atoms with E-state index in [1.165, 1.54) is 17.8 Å². The lowest BCUT2D eigenvalue weighted by atomic mass is 10.1. The molecule has 0 atom stereocenters. The van der Waals surface area contributed by atoms with Gasteiger partial charge in [0.05, 0.1) is 25.3 Å². The zero-order valence-corrected chi connectivity index (χ0v) is 13.1. The van der Waals surface area contributed by atoms with E-state index in [1.54, 1.807) is 6.92 Å². The number of piperidine rings is 1. The van der Waals surface area contributed by atoms with Crippen LogP contribution in [0, 0.1) is 0 Å². The lowest BCUT2D eigenvalue weighted by Gasteiger charge is -2.26. The van der Waals surface area contributed by atoms with E-state index in [-0.39, 0.29) is 24.8 Å². The molecule has 1 saturated heterocycles. The monoisotopic (exact) mass is 311 g/mol. The van der Waals surface area contributed by atoms with Crippen molar-refractivity contribution in [2.24, 2.45) is 0 Å². The number of rotatable bonds is 6.